The third-order valence-corrected chi connectivity index (χ3v) is 3.06. The molecule has 0 atom stereocenters. The minimum absolute atomic E-state index is 0.0612. The Hall–Kier alpha value is -3.22. The summed E-state index contributed by atoms with van der Waals surface area (Å²) in [6.45, 7) is 0. The van der Waals surface area contributed by atoms with Gasteiger partial charge in [0.15, 0.2) is 23.0 Å². The van der Waals surface area contributed by atoms with Gasteiger partial charge in [-0.1, -0.05) is 6.07 Å². The van der Waals surface area contributed by atoms with E-state index in [0.29, 0.717) is 11.3 Å². The molecule has 1 amide bonds. The van der Waals surface area contributed by atoms with Crippen molar-refractivity contribution >= 4 is 12.1 Å². The average Bonchev–Trinajstić information content (AvgIpc) is 2.56. The fourth-order valence-electron chi connectivity index (χ4n) is 1.85. The van der Waals surface area contributed by atoms with E-state index in [1.807, 2.05) is 0 Å². The van der Waals surface area contributed by atoms with Crippen molar-refractivity contribution in [3.63, 3.8) is 0 Å². The van der Waals surface area contributed by atoms with Crippen LogP contribution in [0.4, 0.5) is 0 Å². The van der Waals surface area contributed by atoms with Crippen molar-refractivity contribution in [1.82, 2.24) is 5.43 Å². The summed E-state index contributed by atoms with van der Waals surface area (Å²) in [5.41, 5.74) is 2.99. The van der Waals surface area contributed by atoms with E-state index in [4.69, 9.17) is 9.47 Å². The number of methoxy groups -OCH3 is 2. The number of carbonyl (C=O) groups is 1. The minimum atomic E-state index is -0.484. The van der Waals surface area contributed by atoms with Gasteiger partial charge in [0.05, 0.1) is 20.4 Å². The maximum absolute atomic E-state index is 12.0. The van der Waals surface area contributed by atoms with Gasteiger partial charge in [-0.05, 0) is 30.3 Å². The van der Waals surface area contributed by atoms with Gasteiger partial charge in [0, 0.05) is 11.1 Å². The molecule has 2 rings (SSSR count). The van der Waals surface area contributed by atoms with Gasteiger partial charge in [0.2, 0.25) is 0 Å². The molecule has 0 unspecified atom stereocenters. The Morgan fingerprint density at radius 1 is 1.13 bits per heavy atom. The Kier molecular flexibility index (Phi) is 5.03. The normalized spacial score (nSPS) is 10.5. The van der Waals surface area contributed by atoms with Crippen LogP contribution in [0.5, 0.6) is 23.0 Å². The van der Waals surface area contributed by atoms with E-state index in [2.05, 4.69) is 10.5 Å². The van der Waals surface area contributed by atoms with E-state index in [1.165, 1.54) is 38.6 Å². The molecule has 0 fully saturated rings. The summed E-state index contributed by atoms with van der Waals surface area (Å²) in [6.07, 6.45) is 1.30. The second kappa shape index (κ2) is 7.17. The van der Waals surface area contributed by atoms with Gasteiger partial charge < -0.3 is 19.7 Å². The molecular formula is C16H16N2O5. The van der Waals surface area contributed by atoms with Crippen LogP contribution in [0.15, 0.2) is 41.5 Å². The molecule has 0 bridgehead atoms. The van der Waals surface area contributed by atoms with Crippen LogP contribution >= 0.6 is 0 Å². The third kappa shape index (κ3) is 3.70. The number of phenols is 2. The molecule has 7 nitrogen and oxygen atoms in total. The molecule has 0 radical (unpaired) electrons. The molecule has 2 aromatic carbocycles. The quantitative estimate of drug-likeness (QED) is 0.577. The highest BCUT2D eigenvalue weighted by atomic mass is 16.5. The fraction of sp³-hybridized carbons (Fsp3) is 0.125. The van der Waals surface area contributed by atoms with Crippen LogP contribution in [0.25, 0.3) is 0 Å². The summed E-state index contributed by atoms with van der Waals surface area (Å²) in [5.74, 6) is -0.120. The zero-order valence-electron chi connectivity index (χ0n) is 12.6. The molecule has 3 N–H and O–H groups in total. The Bertz CT molecular complexity index is 743. The number of para-hydroxylation sites is 1. The van der Waals surface area contributed by atoms with E-state index in [0.717, 1.165) is 0 Å². The predicted molar refractivity (Wildman–Crippen MR) is 84.4 cm³/mol. The monoisotopic (exact) mass is 316 g/mol. The summed E-state index contributed by atoms with van der Waals surface area (Å²) in [4.78, 5) is 12.0. The average molecular weight is 316 g/mol. The van der Waals surface area contributed by atoms with E-state index in [9.17, 15) is 15.0 Å². The highest BCUT2D eigenvalue weighted by molar-refractivity contribution is 5.95. The number of ether oxygens (including phenoxy) is 2. The fourth-order valence-corrected chi connectivity index (χ4v) is 1.85. The number of hydrogen-bond acceptors (Lipinski definition) is 6. The molecule has 0 aliphatic heterocycles. The number of amides is 1. The molecule has 0 aromatic heterocycles. The third-order valence-electron chi connectivity index (χ3n) is 3.06. The maximum Gasteiger partial charge on any atom is 0.271 e. The highest BCUT2D eigenvalue weighted by Gasteiger charge is 2.09. The van der Waals surface area contributed by atoms with E-state index >= 15 is 0 Å². The molecule has 120 valence electrons. The Labute approximate surface area is 132 Å². The van der Waals surface area contributed by atoms with Gasteiger partial charge in [0.1, 0.15) is 0 Å². The number of rotatable bonds is 5. The van der Waals surface area contributed by atoms with Crippen LogP contribution in [-0.4, -0.2) is 36.6 Å². The van der Waals surface area contributed by atoms with Gasteiger partial charge in [-0.3, -0.25) is 4.79 Å². The van der Waals surface area contributed by atoms with Crippen LogP contribution in [0.1, 0.15) is 15.9 Å². The molecule has 0 saturated heterocycles. The van der Waals surface area contributed by atoms with Gasteiger partial charge in [-0.25, -0.2) is 5.43 Å². The van der Waals surface area contributed by atoms with Crippen molar-refractivity contribution < 1.29 is 24.5 Å². The number of nitrogens with zero attached hydrogens (tertiary/aromatic N) is 1. The molecule has 0 heterocycles. The van der Waals surface area contributed by atoms with Crippen LogP contribution < -0.4 is 14.9 Å². The predicted octanol–water partition coefficient (Wildman–Crippen LogP) is 1.88. The van der Waals surface area contributed by atoms with Crippen molar-refractivity contribution in [3.05, 3.63) is 47.5 Å². The number of phenolic OH excluding ortho intramolecular Hbond substituents is 2. The van der Waals surface area contributed by atoms with E-state index in [-0.39, 0.29) is 22.8 Å². The number of benzene rings is 2. The number of hydrazone groups is 1. The molecule has 23 heavy (non-hydrogen) atoms. The van der Waals surface area contributed by atoms with E-state index in [1.54, 1.807) is 18.2 Å². The summed E-state index contributed by atoms with van der Waals surface area (Å²) in [5, 5.41) is 23.2. The van der Waals surface area contributed by atoms with Gasteiger partial charge in [-0.2, -0.15) is 5.10 Å². The first kappa shape index (κ1) is 16.2. The Morgan fingerprint density at radius 3 is 2.57 bits per heavy atom. The Morgan fingerprint density at radius 2 is 1.87 bits per heavy atom. The molecule has 7 heteroatoms. The van der Waals surface area contributed by atoms with Crippen LogP contribution in [0.2, 0.25) is 0 Å². The van der Waals surface area contributed by atoms with Crippen molar-refractivity contribution in [3.8, 4) is 23.0 Å². The highest BCUT2D eigenvalue weighted by Crippen LogP contribution is 2.28. The molecule has 0 spiro atoms. The number of carbonyl (C=O) groups excluding carboxylic acids is 1. The summed E-state index contributed by atoms with van der Waals surface area (Å²) >= 11 is 0. The smallest absolute Gasteiger partial charge is 0.271 e. The Balaban J connectivity index is 2.10. The maximum atomic E-state index is 12.0. The lowest BCUT2D eigenvalue weighted by atomic mass is 10.2. The van der Waals surface area contributed by atoms with Crippen molar-refractivity contribution in [2.75, 3.05) is 14.2 Å². The lowest BCUT2D eigenvalue weighted by Gasteiger charge is -2.06. The van der Waals surface area contributed by atoms with Gasteiger partial charge in [0.25, 0.3) is 5.91 Å². The molecule has 0 aliphatic carbocycles. The standard InChI is InChI=1S/C16H16N2O5/c1-22-13-5-3-4-11(15(13)20)9-17-18-16(21)10-6-7-12(19)14(8-10)23-2/h3-9,19-20H,1-2H3,(H,18,21). The minimum Gasteiger partial charge on any atom is -0.504 e. The van der Waals surface area contributed by atoms with Crippen molar-refractivity contribution in [2.45, 2.75) is 0 Å². The first-order valence-corrected chi connectivity index (χ1v) is 6.63. The van der Waals surface area contributed by atoms with Crippen molar-refractivity contribution in [2.24, 2.45) is 5.10 Å². The van der Waals surface area contributed by atoms with Crippen LogP contribution in [0, 0.1) is 0 Å². The summed E-state index contributed by atoms with van der Waals surface area (Å²) in [6, 6.07) is 9.10. The van der Waals surface area contributed by atoms with Gasteiger partial charge in [-0.15, -0.1) is 0 Å². The summed E-state index contributed by atoms with van der Waals surface area (Å²) < 4.78 is 9.92. The molecule has 0 saturated carbocycles. The summed E-state index contributed by atoms with van der Waals surface area (Å²) in [7, 11) is 2.83. The van der Waals surface area contributed by atoms with Crippen LogP contribution in [-0.2, 0) is 0 Å². The number of aromatic hydroxyl groups is 2. The SMILES string of the molecule is COc1cc(C(=O)NN=Cc2cccc(OC)c2O)ccc1O. The molecular weight excluding hydrogens is 300 g/mol. The topological polar surface area (TPSA) is 100 Å². The zero-order valence-corrected chi connectivity index (χ0v) is 12.6. The lowest BCUT2D eigenvalue weighted by Crippen LogP contribution is -2.17. The second-order valence-electron chi connectivity index (χ2n) is 4.48. The molecule has 2 aromatic rings. The van der Waals surface area contributed by atoms with Crippen molar-refractivity contribution in [1.29, 1.82) is 0 Å². The van der Waals surface area contributed by atoms with E-state index < -0.39 is 5.91 Å². The first-order valence-electron chi connectivity index (χ1n) is 6.63. The lowest BCUT2D eigenvalue weighted by molar-refractivity contribution is 0.0954. The first-order chi connectivity index (χ1) is 11.1. The van der Waals surface area contributed by atoms with Crippen LogP contribution in [0.3, 0.4) is 0 Å². The second-order valence-corrected chi connectivity index (χ2v) is 4.48. The number of hydrogen-bond donors (Lipinski definition) is 3. The number of nitrogens with one attached hydrogen (secondary N) is 1. The zero-order chi connectivity index (χ0) is 16.8. The van der Waals surface area contributed by atoms with Gasteiger partial charge >= 0.3 is 0 Å². The largest absolute Gasteiger partial charge is 0.504 e. The molecule has 0 aliphatic rings.